The highest BCUT2D eigenvalue weighted by Crippen LogP contribution is 2.15. The van der Waals surface area contributed by atoms with Gasteiger partial charge in [-0.05, 0) is 26.3 Å². The summed E-state index contributed by atoms with van der Waals surface area (Å²) in [7, 11) is 1.87. The van der Waals surface area contributed by atoms with Crippen molar-refractivity contribution in [2.75, 3.05) is 20.1 Å². The van der Waals surface area contributed by atoms with Crippen LogP contribution in [0.2, 0.25) is 0 Å². The maximum absolute atomic E-state index is 12.2. The Morgan fingerprint density at radius 2 is 2.32 bits per heavy atom. The predicted octanol–water partition coefficient (Wildman–Crippen LogP) is 2.25. The summed E-state index contributed by atoms with van der Waals surface area (Å²) in [4.78, 5) is 18.4. The second kappa shape index (κ2) is 8.74. The maximum Gasteiger partial charge on any atom is 0.227 e. The van der Waals surface area contributed by atoms with Crippen LogP contribution >= 0.6 is 36.2 Å². The average molecular weight is 326 g/mol. The molecule has 1 atom stereocenters. The van der Waals surface area contributed by atoms with Gasteiger partial charge in [-0.3, -0.25) is 4.79 Å². The van der Waals surface area contributed by atoms with Gasteiger partial charge in [0.1, 0.15) is 0 Å². The van der Waals surface area contributed by atoms with Crippen molar-refractivity contribution in [3.63, 3.8) is 0 Å². The van der Waals surface area contributed by atoms with Gasteiger partial charge in [0.2, 0.25) is 5.91 Å². The minimum absolute atomic E-state index is 0. The molecule has 110 valence electrons. The Morgan fingerprint density at radius 3 is 2.84 bits per heavy atom. The Labute approximate surface area is 130 Å². The summed E-state index contributed by atoms with van der Waals surface area (Å²) in [6.07, 6.45) is 2.10. The number of thiazole rings is 1. The van der Waals surface area contributed by atoms with Crippen molar-refractivity contribution in [1.82, 2.24) is 15.2 Å². The third-order valence-electron chi connectivity index (χ3n) is 3.09. The molecule has 0 aliphatic carbocycles. The molecule has 2 rings (SSSR count). The molecule has 0 spiro atoms. The van der Waals surface area contributed by atoms with Gasteiger partial charge < -0.3 is 10.2 Å². The topological polar surface area (TPSA) is 45.2 Å². The highest BCUT2D eigenvalue weighted by atomic mass is 35.5. The van der Waals surface area contributed by atoms with Crippen molar-refractivity contribution in [1.29, 1.82) is 0 Å². The fraction of sp³-hybridized carbons (Fsp3) is 0.667. The first kappa shape index (κ1) is 18.6. The SMILES string of the molecule is Cc1nc(CN(C)C(=O)C2CCCNC2)cs1.Cl.Cl. The number of hydrogen-bond acceptors (Lipinski definition) is 4. The van der Waals surface area contributed by atoms with Gasteiger partial charge in [-0.1, -0.05) is 0 Å². The standard InChI is InChI=1S/C12H19N3OS.2ClH/c1-9-14-11(8-17-9)7-15(2)12(16)10-4-3-5-13-6-10;;/h8,10,13H,3-7H2,1-2H3;2*1H. The average Bonchev–Trinajstić information content (AvgIpc) is 2.75. The molecule has 4 nitrogen and oxygen atoms in total. The number of amides is 1. The van der Waals surface area contributed by atoms with Crippen molar-refractivity contribution in [2.24, 2.45) is 5.92 Å². The second-order valence-corrected chi connectivity index (χ2v) is 5.66. The van der Waals surface area contributed by atoms with Crippen molar-refractivity contribution in [3.05, 3.63) is 16.1 Å². The lowest BCUT2D eigenvalue weighted by Crippen LogP contribution is -2.41. The largest absolute Gasteiger partial charge is 0.340 e. The molecule has 1 aromatic rings. The van der Waals surface area contributed by atoms with Crippen LogP contribution in [0.5, 0.6) is 0 Å². The minimum Gasteiger partial charge on any atom is -0.340 e. The molecule has 0 radical (unpaired) electrons. The summed E-state index contributed by atoms with van der Waals surface area (Å²) in [6, 6.07) is 0. The third-order valence-corrected chi connectivity index (χ3v) is 3.91. The molecule has 1 aliphatic heterocycles. The van der Waals surface area contributed by atoms with Crippen LogP contribution in [0.1, 0.15) is 23.5 Å². The molecule has 1 aromatic heterocycles. The summed E-state index contributed by atoms with van der Waals surface area (Å²) in [5.41, 5.74) is 0.993. The first-order valence-corrected chi connectivity index (χ1v) is 6.91. The lowest BCUT2D eigenvalue weighted by Gasteiger charge is -2.26. The van der Waals surface area contributed by atoms with Gasteiger partial charge in [-0.25, -0.2) is 4.98 Å². The number of piperidine rings is 1. The number of nitrogens with zero attached hydrogens (tertiary/aromatic N) is 2. The van der Waals surface area contributed by atoms with E-state index < -0.39 is 0 Å². The molecular formula is C12H21Cl2N3OS. The molecule has 1 amide bonds. The van der Waals surface area contributed by atoms with Crippen LogP contribution in [-0.2, 0) is 11.3 Å². The Bertz CT molecular complexity index is 394. The zero-order valence-electron chi connectivity index (χ0n) is 11.2. The van der Waals surface area contributed by atoms with Crippen LogP contribution in [0.3, 0.4) is 0 Å². The van der Waals surface area contributed by atoms with Crippen LogP contribution in [0, 0.1) is 12.8 Å². The molecule has 1 fully saturated rings. The maximum atomic E-state index is 12.2. The van der Waals surface area contributed by atoms with Crippen LogP contribution in [0.15, 0.2) is 5.38 Å². The summed E-state index contributed by atoms with van der Waals surface area (Å²) in [5, 5.41) is 6.36. The van der Waals surface area contributed by atoms with Crippen molar-refractivity contribution < 1.29 is 4.79 Å². The van der Waals surface area contributed by atoms with Gasteiger partial charge >= 0.3 is 0 Å². The van der Waals surface area contributed by atoms with Crippen molar-refractivity contribution in [2.45, 2.75) is 26.3 Å². The molecule has 7 heteroatoms. The zero-order chi connectivity index (χ0) is 12.3. The number of carbonyl (C=O) groups is 1. The quantitative estimate of drug-likeness (QED) is 0.927. The Hall–Kier alpha value is -0.360. The third kappa shape index (κ3) is 5.26. The van der Waals surface area contributed by atoms with Crippen LogP contribution < -0.4 is 5.32 Å². The van der Waals surface area contributed by atoms with E-state index in [2.05, 4.69) is 10.3 Å². The minimum atomic E-state index is 0. The fourth-order valence-corrected chi connectivity index (χ4v) is 2.78. The summed E-state index contributed by atoms with van der Waals surface area (Å²) < 4.78 is 0. The molecule has 1 unspecified atom stereocenters. The van der Waals surface area contributed by atoms with E-state index in [0.29, 0.717) is 6.54 Å². The molecule has 0 bridgehead atoms. The van der Waals surface area contributed by atoms with Crippen molar-refractivity contribution in [3.8, 4) is 0 Å². The van der Waals surface area contributed by atoms with Crippen LogP contribution in [-0.4, -0.2) is 35.9 Å². The van der Waals surface area contributed by atoms with Gasteiger partial charge in [0, 0.05) is 19.0 Å². The summed E-state index contributed by atoms with van der Waals surface area (Å²) in [6.45, 7) is 4.47. The Balaban J connectivity index is 0.00000162. The number of nitrogens with one attached hydrogen (secondary N) is 1. The first-order valence-electron chi connectivity index (χ1n) is 6.03. The number of hydrogen-bond donors (Lipinski definition) is 1. The number of rotatable bonds is 3. The molecule has 1 N–H and O–H groups in total. The molecule has 19 heavy (non-hydrogen) atoms. The van der Waals surface area contributed by atoms with Gasteiger partial charge in [0.05, 0.1) is 23.2 Å². The monoisotopic (exact) mass is 325 g/mol. The van der Waals surface area contributed by atoms with Gasteiger partial charge in [-0.2, -0.15) is 0 Å². The van der Waals surface area contributed by atoms with E-state index in [0.717, 1.165) is 36.6 Å². The second-order valence-electron chi connectivity index (χ2n) is 4.60. The predicted molar refractivity (Wildman–Crippen MR) is 83.4 cm³/mol. The van der Waals surface area contributed by atoms with E-state index in [4.69, 9.17) is 0 Å². The Kier molecular flexibility index (Phi) is 8.57. The van der Waals surface area contributed by atoms with Gasteiger partial charge in [0.15, 0.2) is 0 Å². The van der Waals surface area contributed by atoms with E-state index in [1.54, 1.807) is 16.2 Å². The van der Waals surface area contributed by atoms with Crippen molar-refractivity contribution >= 4 is 42.1 Å². The molecule has 2 heterocycles. The van der Waals surface area contributed by atoms with E-state index >= 15 is 0 Å². The molecule has 1 saturated heterocycles. The molecule has 1 aliphatic rings. The number of halogens is 2. The number of aromatic nitrogens is 1. The molecule has 0 saturated carbocycles. The molecular weight excluding hydrogens is 305 g/mol. The highest BCUT2D eigenvalue weighted by Gasteiger charge is 2.24. The smallest absolute Gasteiger partial charge is 0.227 e. The summed E-state index contributed by atoms with van der Waals surface area (Å²) >= 11 is 1.63. The van der Waals surface area contributed by atoms with Crippen LogP contribution in [0.25, 0.3) is 0 Å². The van der Waals surface area contributed by atoms with E-state index in [1.165, 1.54) is 0 Å². The fourth-order valence-electron chi connectivity index (χ4n) is 2.18. The lowest BCUT2D eigenvalue weighted by molar-refractivity contribution is -0.135. The first-order chi connectivity index (χ1) is 8.16. The van der Waals surface area contributed by atoms with E-state index in [-0.39, 0.29) is 36.6 Å². The summed E-state index contributed by atoms with van der Waals surface area (Å²) in [5.74, 6) is 0.385. The van der Waals surface area contributed by atoms with E-state index in [1.807, 2.05) is 19.4 Å². The van der Waals surface area contributed by atoms with Gasteiger partial charge in [-0.15, -0.1) is 36.2 Å². The highest BCUT2D eigenvalue weighted by molar-refractivity contribution is 7.09. The van der Waals surface area contributed by atoms with Gasteiger partial charge in [0.25, 0.3) is 0 Å². The van der Waals surface area contributed by atoms with E-state index in [9.17, 15) is 4.79 Å². The normalized spacial score (nSPS) is 18.1. The van der Waals surface area contributed by atoms with Crippen LogP contribution in [0.4, 0.5) is 0 Å². The number of aryl methyl sites for hydroxylation is 1. The molecule has 0 aromatic carbocycles. The Morgan fingerprint density at radius 1 is 1.58 bits per heavy atom. The zero-order valence-corrected chi connectivity index (χ0v) is 13.7. The lowest BCUT2D eigenvalue weighted by atomic mass is 9.98. The number of carbonyl (C=O) groups excluding carboxylic acids is 1.